The monoisotopic (exact) mass is 283 g/mol. The number of nitrogens with one attached hydrogen (secondary N) is 1. The second-order valence-corrected chi connectivity index (χ2v) is 5.22. The van der Waals surface area contributed by atoms with Crippen molar-refractivity contribution in [1.82, 2.24) is 5.32 Å². The summed E-state index contributed by atoms with van der Waals surface area (Å²) in [5.74, 6) is 1.15. The molecule has 2 N–H and O–H groups in total. The zero-order valence-electron chi connectivity index (χ0n) is 11.6. The lowest BCUT2D eigenvalue weighted by molar-refractivity contribution is 0.0945. The van der Waals surface area contributed by atoms with Crippen molar-refractivity contribution in [2.75, 3.05) is 12.4 Å². The van der Waals surface area contributed by atoms with Gasteiger partial charge in [-0.3, -0.25) is 4.79 Å². The molecule has 0 saturated carbocycles. The number of aromatic hydroxyl groups is 1. The van der Waals surface area contributed by atoms with E-state index in [4.69, 9.17) is 11.6 Å². The fraction of sp³-hybridized carbons (Fsp3) is 0.533. The van der Waals surface area contributed by atoms with E-state index >= 15 is 0 Å². The molecule has 1 amide bonds. The van der Waals surface area contributed by atoms with Crippen LogP contribution in [0.15, 0.2) is 18.2 Å². The Morgan fingerprint density at radius 2 is 2.16 bits per heavy atom. The highest BCUT2D eigenvalue weighted by Gasteiger charge is 2.12. The molecule has 0 fully saturated rings. The van der Waals surface area contributed by atoms with Crippen LogP contribution in [-0.2, 0) is 0 Å². The van der Waals surface area contributed by atoms with Crippen LogP contribution >= 0.6 is 11.6 Å². The van der Waals surface area contributed by atoms with Gasteiger partial charge < -0.3 is 10.4 Å². The standard InChI is InChI=1S/C15H22ClNO2/c1-3-4-12(7-8-16)10-17-15(19)14-6-5-13(18)9-11(14)2/h5-6,9,12,18H,3-4,7-8,10H2,1-2H3,(H,17,19). The number of rotatable bonds is 7. The van der Waals surface area contributed by atoms with E-state index in [0.29, 0.717) is 23.9 Å². The number of alkyl halides is 1. The SMILES string of the molecule is CCCC(CCCl)CNC(=O)c1ccc(O)cc1C. The van der Waals surface area contributed by atoms with E-state index in [0.717, 1.165) is 24.8 Å². The van der Waals surface area contributed by atoms with Gasteiger partial charge in [-0.15, -0.1) is 11.6 Å². The second kappa shape index (κ2) is 8.05. The summed E-state index contributed by atoms with van der Waals surface area (Å²) in [5.41, 5.74) is 1.39. The van der Waals surface area contributed by atoms with Crippen LogP contribution in [0.2, 0.25) is 0 Å². The number of phenols is 1. The Kier molecular flexibility index (Phi) is 6.71. The quantitative estimate of drug-likeness (QED) is 0.753. The molecule has 0 bridgehead atoms. The molecular formula is C15H22ClNO2. The largest absolute Gasteiger partial charge is 0.508 e. The molecule has 1 rings (SSSR count). The Bertz CT molecular complexity index is 415. The van der Waals surface area contributed by atoms with E-state index in [1.807, 2.05) is 6.92 Å². The summed E-state index contributed by atoms with van der Waals surface area (Å²) in [5, 5.41) is 12.3. The van der Waals surface area contributed by atoms with Gasteiger partial charge in [-0.2, -0.15) is 0 Å². The van der Waals surface area contributed by atoms with Gasteiger partial charge in [0.1, 0.15) is 5.75 Å². The Hall–Kier alpha value is -1.22. The number of hydrogen-bond donors (Lipinski definition) is 2. The molecule has 1 aromatic rings. The maximum atomic E-state index is 12.1. The van der Waals surface area contributed by atoms with Gasteiger partial charge >= 0.3 is 0 Å². The number of aryl methyl sites for hydroxylation is 1. The van der Waals surface area contributed by atoms with E-state index in [9.17, 15) is 9.90 Å². The summed E-state index contributed by atoms with van der Waals surface area (Å²) in [4.78, 5) is 12.1. The van der Waals surface area contributed by atoms with Gasteiger partial charge in [0.15, 0.2) is 0 Å². The number of carbonyl (C=O) groups excluding carboxylic acids is 1. The molecule has 4 heteroatoms. The number of halogens is 1. The van der Waals surface area contributed by atoms with Crippen molar-refractivity contribution in [2.24, 2.45) is 5.92 Å². The predicted octanol–water partition coefficient (Wildman–Crippen LogP) is 3.48. The van der Waals surface area contributed by atoms with E-state index < -0.39 is 0 Å². The summed E-state index contributed by atoms with van der Waals surface area (Å²) in [6.45, 7) is 4.60. The lowest BCUT2D eigenvalue weighted by atomic mass is 10.0. The topological polar surface area (TPSA) is 49.3 Å². The predicted molar refractivity (Wildman–Crippen MR) is 78.9 cm³/mol. The molecule has 106 valence electrons. The number of phenolic OH excluding ortho intramolecular Hbond substituents is 1. The fourth-order valence-corrected chi connectivity index (χ4v) is 2.45. The van der Waals surface area contributed by atoms with Gasteiger partial charge in [-0.1, -0.05) is 13.3 Å². The highest BCUT2D eigenvalue weighted by Crippen LogP contribution is 2.16. The molecule has 1 unspecified atom stereocenters. The van der Waals surface area contributed by atoms with Gasteiger partial charge in [0, 0.05) is 18.0 Å². The third-order valence-electron chi connectivity index (χ3n) is 3.22. The number of amides is 1. The third-order valence-corrected chi connectivity index (χ3v) is 3.44. The first-order valence-corrected chi connectivity index (χ1v) is 7.25. The summed E-state index contributed by atoms with van der Waals surface area (Å²) < 4.78 is 0. The first kappa shape index (κ1) is 15.8. The Morgan fingerprint density at radius 3 is 2.74 bits per heavy atom. The number of hydrogen-bond acceptors (Lipinski definition) is 2. The van der Waals surface area contributed by atoms with Crippen molar-refractivity contribution >= 4 is 17.5 Å². The summed E-state index contributed by atoms with van der Waals surface area (Å²) in [6, 6.07) is 4.78. The van der Waals surface area contributed by atoms with Crippen molar-refractivity contribution in [3.8, 4) is 5.75 Å². The van der Waals surface area contributed by atoms with Gasteiger partial charge in [-0.05, 0) is 49.4 Å². The van der Waals surface area contributed by atoms with Crippen LogP contribution in [0.25, 0.3) is 0 Å². The zero-order chi connectivity index (χ0) is 14.3. The molecule has 0 aliphatic heterocycles. The van der Waals surface area contributed by atoms with Crippen LogP contribution in [0.3, 0.4) is 0 Å². The Morgan fingerprint density at radius 1 is 1.42 bits per heavy atom. The van der Waals surface area contributed by atoms with Crippen molar-refractivity contribution in [2.45, 2.75) is 33.1 Å². The average Bonchev–Trinajstić information content (AvgIpc) is 2.36. The van der Waals surface area contributed by atoms with E-state index in [2.05, 4.69) is 12.2 Å². The number of benzene rings is 1. The van der Waals surface area contributed by atoms with Crippen LogP contribution in [0.4, 0.5) is 0 Å². The smallest absolute Gasteiger partial charge is 0.251 e. The molecule has 19 heavy (non-hydrogen) atoms. The Labute approximate surface area is 120 Å². The van der Waals surface area contributed by atoms with Crippen LogP contribution < -0.4 is 5.32 Å². The normalized spacial score (nSPS) is 12.2. The highest BCUT2D eigenvalue weighted by atomic mass is 35.5. The fourth-order valence-electron chi connectivity index (χ4n) is 2.15. The number of carbonyl (C=O) groups is 1. The van der Waals surface area contributed by atoms with Crippen molar-refractivity contribution in [1.29, 1.82) is 0 Å². The minimum absolute atomic E-state index is 0.0897. The van der Waals surface area contributed by atoms with E-state index in [1.165, 1.54) is 6.07 Å². The maximum Gasteiger partial charge on any atom is 0.251 e. The van der Waals surface area contributed by atoms with Gasteiger partial charge in [0.2, 0.25) is 0 Å². The van der Waals surface area contributed by atoms with Crippen molar-refractivity contribution < 1.29 is 9.90 Å². The molecule has 0 aliphatic carbocycles. The lowest BCUT2D eigenvalue weighted by Crippen LogP contribution is -2.30. The molecule has 1 aromatic carbocycles. The van der Waals surface area contributed by atoms with Gasteiger partial charge in [0.05, 0.1) is 0 Å². The van der Waals surface area contributed by atoms with E-state index in [-0.39, 0.29) is 11.7 Å². The summed E-state index contributed by atoms with van der Waals surface area (Å²) >= 11 is 5.77. The first-order chi connectivity index (χ1) is 9.08. The first-order valence-electron chi connectivity index (χ1n) is 6.72. The van der Waals surface area contributed by atoms with Crippen molar-refractivity contribution in [3.05, 3.63) is 29.3 Å². The molecule has 0 radical (unpaired) electrons. The van der Waals surface area contributed by atoms with Crippen LogP contribution in [-0.4, -0.2) is 23.4 Å². The minimum atomic E-state index is -0.0897. The van der Waals surface area contributed by atoms with Crippen LogP contribution in [0.5, 0.6) is 5.75 Å². The second-order valence-electron chi connectivity index (χ2n) is 4.84. The molecular weight excluding hydrogens is 262 g/mol. The van der Waals surface area contributed by atoms with Crippen molar-refractivity contribution in [3.63, 3.8) is 0 Å². The molecule has 0 aromatic heterocycles. The summed E-state index contributed by atoms with van der Waals surface area (Å²) in [6.07, 6.45) is 3.08. The molecule has 0 heterocycles. The van der Waals surface area contributed by atoms with Gasteiger partial charge in [0.25, 0.3) is 5.91 Å². The molecule has 0 aliphatic rings. The maximum absolute atomic E-state index is 12.1. The van der Waals surface area contributed by atoms with Crippen LogP contribution in [0, 0.1) is 12.8 Å². The lowest BCUT2D eigenvalue weighted by Gasteiger charge is -2.16. The molecule has 1 atom stereocenters. The summed E-state index contributed by atoms with van der Waals surface area (Å²) in [7, 11) is 0. The Balaban J connectivity index is 2.58. The van der Waals surface area contributed by atoms with Crippen LogP contribution in [0.1, 0.15) is 42.1 Å². The molecule has 0 spiro atoms. The average molecular weight is 284 g/mol. The molecule has 0 saturated heterocycles. The molecule has 3 nitrogen and oxygen atoms in total. The van der Waals surface area contributed by atoms with Gasteiger partial charge in [-0.25, -0.2) is 0 Å². The zero-order valence-corrected chi connectivity index (χ0v) is 12.3. The minimum Gasteiger partial charge on any atom is -0.508 e. The van der Waals surface area contributed by atoms with E-state index in [1.54, 1.807) is 12.1 Å². The third kappa shape index (κ3) is 5.11. The highest BCUT2D eigenvalue weighted by molar-refractivity contribution is 6.17.